The topological polar surface area (TPSA) is 39.1 Å². The molecule has 0 spiro atoms. The molecule has 2 unspecified atom stereocenters. The average Bonchev–Trinajstić information content (AvgIpc) is 1.99. The maximum atomic E-state index is 8.53. The van der Waals surface area contributed by atoms with Crippen LogP contribution in [0.2, 0.25) is 0 Å². The zero-order valence-corrected chi connectivity index (χ0v) is 7.76. The second-order valence-electron chi connectivity index (χ2n) is 2.91. The van der Waals surface area contributed by atoms with Crippen molar-refractivity contribution in [2.45, 2.75) is 32.5 Å². The predicted octanol–water partition coefficient (Wildman–Crippen LogP) is 0.786. The molecule has 0 amide bonds. The summed E-state index contributed by atoms with van der Waals surface area (Å²) in [4.78, 5) is 2.08. The lowest BCUT2D eigenvalue weighted by atomic mass is 10.3. The van der Waals surface area contributed by atoms with Gasteiger partial charge in [-0.15, -0.1) is 0 Å². The summed E-state index contributed by atoms with van der Waals surface area (Å²) >= 11 is 0. The van der Waals surface area contributed by atoms with E-state index < -0.39 is 0 Å². The van der Waals surface area contributed by atoms with Crippen molar-refractivity contribution in [2.24, 2.45) is 0 Å². The van der Waals surface area contributed by atoms with Crippen LogP contribution in [0.1, 0.15) is 20.3 Å². The molecule has 0 bridgehead atoms. The molecule has 0 aliphatic carbocycles. The summed E-state index contributed by atoms with van der Waals surface area (Å²) in [6, 6.07) is 2.08. The largest absolute Gasteiger partial charge is 0.294 e. The van der Waals surface area contributed by atoms with E-state index >= 15 is 0 Å². The van der Waals surface area contributed by atoms with Gasteiger partial charge in [-0.3, -0.25) is 10.2 Å². The van der Waals surface area contributed by atoms with Gasteiger partial charge in [-0.25, -0.2) is 0 Å². The smallest absolute Gasteiger partial charge is 0.0936 e. The summed E-state index contributed by atoms with van der Waals surface area (Å²) in [5.41, 5.74) is 0. The third-order valence-corrected chi connectivity index (χ3v) is 1.65. The van der Waals surface area contributed by atoms with Gasteiger partial charge in [-0.2, -0.15) is 5.26 Å². The number of nitrogens with one attached hydrogen (secondary N) is 1. The zero-order valence-electron chi connectivity index (χ0n) is 7.76. The minimum absolute atomic E-state index is 0.0673. The van der Waals surface area contributed by atoms with E-state index in [-0.39, 0.29) is 6.04 Å². The molecular formula is C8H17N3. The van der Waals surface area contributed by atoms with Crippen LogP contribution < -0.4 is 5.32 Å². The standard InChI is InChI=1S/C8H17N3/c1-5-8(11(3)4)10-7(2)6-9/h7-8,10H,5H2,1-4H3. The van der Waals surface area contributed by atoms with Crippen LogP contribution in [0.4, 0.5) is 0 Å². The van der Waals surface area contributed by atoms with Gasteiger partial charge < -0.3 is 0 Å². The van der Waals surface area contributed by atoms with Crippen molar-refractivity contribution in [3.8, 4) is 6.07 Å². The number of hydrogen-bond acceptors (Lipinski definition) is 3. The Morgan fingerprint density at radius 3 is 2.36 bits per heavy atom. The second kappa shape index (κ2) is 5.11. The van der Waals surface area contributed by atoms with Gasteiger partial charge in [-0.1, -0.05) is 6.92 Å². The Kier molecular flexibility index (Phi) is 4.84. The monoisotopic (exact) mass is 155 g/mol. The van der Waals surface area contributed by atoms with Crippen LogP contribution in [0, 0.1) is 11.3 Å². The van der Waals surface area contributed by atoms with Gasteiger partial charge in [0.2, 0.25) is 0 Å². The molecule has 0 rings (SSSR count). The normalized spacial score (nSPS) is 16.0. The summed E-state index contributed by atoms with van der Waals surface area (Å²) in [5.74, 6) is 0. The van der Waals surface area contributed by atoms with E-state index in [4.69, 9.17) is 5.26 Å². The molecule has 0 aliphatic heterocycles. The van der Waals surface area contributed by atoms with Crippen molar-refractivity contribution in [1.82, 2.24) is 10.2 Å². The quantitative estimate of drug-likeness (QED) is 0.610. The van der Waals surface area contributed by atoms with E-state index in [0.29, 0.717) is 6.17 Å². The molecule has 0 saturated carbocycles. The molecule has 0 radical (unpaired) electrons. The average molecular weight is 155 g/mol. The van der Waals surface area contributed by atoms with Crippen molar-refractivity contribution < 1.29 is 0 Å². The van der Waals surface area contributed by atoms with E-state index in [1.54, 1.807) is 0 Å². The number of rotatable bonds is 4. The van der Waals surface area contributed by atoms with E-state index in [0.717, 1.165) is 6.42 Å². The first-order valence-corrected chi connectivity index (χ1v) is 3.93. The van der Waals surface area contributed by atoms with Crippen molar-refractivity contribution in [2.75, 3.05) is 14.1 Å². The molecule has 3 heteroatoms. The molecule has 0 aromatic carbocycles. The fourth-order valence-corrected chi connectivity index (χ4v) is 0.958. The Labute approximate surface area is 69.0 Å². The van der Waals surface area contributed by atoms with Crippen LogP contribution in [0.15, 0.2) is 0 Å². The molecule has 3 nitrogen and oxygen atoms in total. The lowest BCUT2D eigenvalue weighted by Gasteiger charge is -2.25. The van der Waals surface area contributed by atoms with Crippen LogP contribution in [0.25, 0.3) is 0 Å². The summed E-state index contributed by atoms with van der Waals surface area (Å²) < 4.78 is 0. The molecule has 0 heterocycles. The highest BCUT2D eigenvalue weighted by Crippen LogP contribution is 1.95. The Balaban J connectivity index is 3.80. The number of hydrogen-bond donors (Lipinski definition) is 1. The van der Waals surface area contributed by atoms with Crippen LogP contribution in [-0.2, 0) is 0 Å². The molecule has 64 valence electrons. The summed E-state index contributed by atoms with van der Waals surface area (Å²) in [6.07, 6.45) is 1.32. The SMILES string of the molecule is CCC(NC(C)C#N)N(C)C. The third-order valence-electron chi connectivity index (χ3n) is 1.65. The van der Waals surface area contributed by atoms with Crippen LogP contribution >= 0.6 is 0 Å². The zero-order chi connectivity index (χ0) is 8.85. The Morgan fingerprint density at radius 1 is 1.55 bits per heavy atom. The Hall–Kier alpha value is -0.590. The highest BCUT2D eigenvalue weighted by Gasteiger charge is 2.10. The van der Waals surface area contributed by atoms with Gasteiger partial charge >= 0.3 is 0 Å². The Bertz CT molecular complexity index is 137. The van der Waals surface area contributed by atoms with E-state index in [1.807, 2.05) is 21.0 Å². The summed E-state index contributed by atoms with van der Waals surface area (Å²) in [6.45, 7) is 3.97. The fraction of sp³-hybridized carbons (Fsp3) is 0.875. The fourth-order valence-electron chi connectivity index (χ4n) is 0.958. The van der Waals surface area contributed by atoms with Gasteiger partial charge in [0.05, 0.1) is 18.3 Å². The Morgan fingerprint density at radius 2 is 2.09 bits per heavy atom. The number of nitriles is 1. The molecule has 0 saturated heterocycles. The molecule has 0 aliphatic rings. The highest BCUT2D eigenvalue weighted by atomic mass is 15.2. The predicted molar refractivity (Wildman–Crippen MR) is 46.0 cm³/mol. The van der Waals surface area contributed by atoms with Crippen molar-refractivity contribution in [3.05, 3.63) is 0 Å². The molecule has 2 atom stereocenters. The maximum absolute atomic E-state index is 8.53. The number of nitrogens with zero attached hydrogens (tertiary/aromatic N) is 2. The van der Waals surface area contributed by atoms with Gasteiger partial charge in [0.25, 0.3) is 0 Å². The molecule has 11 heavy (non-hydrogen) atoms. The van der Waals surface area contributed by atoms with Gasteiger partial charge in [0.1, 0.15) is 0 Å². The van der Waals surface area contributed by atoms with Gasteiger partial charge in [-0.05, 0) is 27.4 Å². The van der Waals surface area contributed by atoms with Crippen LogP contribution in [0.5, 0.6) is 0 Å². The minimum atomic E-state index is -0.0673. The van der Waals surface area contributed by atoms with Gasteiger partial charge in [0.15, 0.2) is 0 Å². The molecule has 0 fully saturated rings. The third kappa shape index (κ3) is 3.97. The minimum Gasteiger partial charge on any atom is -0.294 e. The first-order valence-electron chi connectivity index (χ1n) is 3.93. The first-order chi connectivity index (χ1) is 5.11. The van der Waals surface area contributed by atoms with Crippen molar-refractivity contribution in [3.63, 3.8) is 0 Å². The van der Waals surface area contributed by atoms with Gasteiger partial charge in [0, 0.05) is 0 Å². The maximum Gasteiger partial charge on any atom is 0.0936 e. The van der Waals surface area contributed by atoms with Crippen LogP contribution in [0.3, 0.4) is 0 Å². The molecule has 1 N–H and O–H groups in total. The molecule has 0 aromatic rings. The van der Waals surface area contributed by atoms with Crippen molar-refractivity contribution >= 4 is 0 Å². The van der Waals surface area contributed by atoms with Crippen molar-refractivity contribution in [1.29, 1.82) is 5.26 Å². The lowest BCUT2D eigenvalue weighted by Crippen LogP contribution is -2.44. The molecule has 0 aromatic heterocycles. The summed E-state index contributed by atoms with van der Waals surface area (Å²) in [7, 11) is 4.01. The molecular weight excluding hydrogens is 138 g/mol. The second-order valence-corrected chi connectivity index (χ2v) is 2.91. The first kappa shape index (κ1) is 10.4. The lowest BCUT2D eigenvalue weighted by molar-refractivity contribution is 0.232. The van der Waals surface area contributed by atoms with E-state index in [1.165, 1.54) is 0 Å². The van der Waals surface area contributed by atoms with E-state index in [9.17, 15) is 0 Å². The van der Waals surface area contributed by atoms with Crippen LogP contribution in [-0.4, -0.2) is 31.2 Å². The van der Waals surface area contributed by atoms with E-state index in [2.05, 4.69) is 23.2 Å². The highest BCUT2D eigenvalue weighted by molar-refractivity contribution is 4.87. The summed E-state index contributed by atoms with van der Waals surface area (Å²) in [5, 5.41) is 11.7.